The second-order valence-electron chi connectivity index (χ2n) is 5.79. The van der Waals surface area contributed by atoms with Crippen molar-refractivity contribution in [2.24, 2.45) is 0 Å². The summed E-state index contributed by atoms with van der Waals surface area (Å²) in [6.07, 6.45) is 2.94. The van der Waals surface area contributed by atoms with Crippen LogP contribution in [0.3, 0.4) is 0 Å². The number of carbonyl (C=O) groups is 2. The molecular formula is C14H22N4O4. The van der Waals surface area contributed by atoms with Crippen LogP contribution in [0.5, 0.6) is 0 Å². The lowest BCUT2D eigenvalue weighted by Gasteiger charge is -2.22. The lowest BCUT2D eigenvalue weighted by atomic mass is 10.1. The predicted molar refractivity (Wildman–Crippen MR) is 79.2 cm³/mol. The van der Waals surface area contributed by atoms with Gasteiger partial charge in [0.2, 0.25) is 5.91 Å². The van der Waals surface area contributed by atoms with E-state index < -0.39 is 23.7 Å². The lowest BCUT2D eigenvalue weighted by Crippen LogP contribution is -2.38. The molecule has 2 atom stereocenters. The number of aromatic nitrogens is 2. The third-order valence-corrected chi connectivity index (χ3v) is 3.62. The second-order valence-corrected chi connectivity index (χ2v) is 5.79. The molecule has 22 heavy (non-hydrogen) atoms. The zero-order chi connectivity index (χ0) is 16.3. The largest absolute Gasteiger partial charge is 0.464 e. The molecular weight excluding hydrogens is 288 g/mol. The molecule has 1 aromatic heterocycles. The van der Waals surface area contributed by atoms with Crippen LogP contribution in [0.15, 0.2) is 12.4 Å². The minimum Gasteiger partial charge on any atom is -0.464 e. The molecule has 1 saturated heterocycles. The van der Waals surface area contributed by atoms with E-state index in [4.69, 9.17) is 4.74 Å². The van der Waals surface area contributed by atoms with Gasteiger partial charge in [-0.2, -0.15) is 5.10 Å². The molecule has 1 fully saturated rings. The van der Waals surface area contributed by atoms with Gasteiger partial charge >= 0.3 is 5.97 Å². The molecule has 0 spiro atoms. The normalized spacial score (nSPS) is 21.6. The Hall–Kier alpha value is -1.93. The lowest BCUT2D eigenvalue weighted by molar-refractivity contribution is -0.152. The summed E-state index contributed by atoms with van der Waals surface area (Å²) in [7, 11) is 0. The van der Waals surface area contributed by atoms with Crippen molar-refractivity contribution in [2.45, 2.75) is 44.9 Å². The van der Waals surface area contributed by atoms with E-state index in [0.29, 0.717) is 25.3 Å². The molecule has 2 heterocycles. The number of esters is 1. The van der Waals surface area contributed by atoms with E-state index in [2.05, 4.69) is 15.7 Å². The summed E-state index contributed by atoms with van der Waals surface area (Å²) >= 11 is 0. The molecule has 1 amide bonds. The Morgan fingerprint density at radius 1 is 1.59 bits per heavy atom. The number of nitrogens with one attached hydrogen (secondary N) is 2. The summed E-state index contributed by atoms with van der Waals surface area (Å²) in [6, 6.07) is -0.420. The number of rotatable bonds is 5. The summed E-state index contributed by atoms with van der Waals surface area (Å²) in [5.74, 6) is -0.624. The molecule has 0 saturated carbocycles. The molecule has 1 aliphatic rings. The summed E-state index contributed by atoms with van der Waals surface area (Å²) in [5, 5.41) is 19.2. The standard InChI is InChI=1S/C14H22N4O4/c1-4-22-13(21)14(2,3)18-8-9(6-16-18)17-12(20)11-5-10(19)7-15-11/h6,8,10-11,15,19H,4-5,7H2,1-3H3,(H,17,20). The Labute approximate surface area is 128 Å². The van der Waals surface area contributed by atoms with E-state index >= 15 is 0 Å². The number of nitrogens with zero attached hydrogens (tertiary/aromatic N) is 2. The van der Waals surface area contributed by atoms with Gasteiger partial charge < -0.3 is 20.5 Å². The monoisotopic (exact) mass is 310 g/mol. The van der Waals surface area contributed by atoms with Crippen LogP contribution in [-0.4, -0.2) is 52.1 Å². The molecule has 1 aromatic rings. The molecule has 8 nitrogen and oxygen atoms in total. The quantitative estimate of drug-likeness (QED) is 0.653. The van der Waals surface area contributed by atoms with Crippen LogP contribution in [0.2, 0.25) is 0 Å². The number of ether oxygens (including phenoxy) is 1. The molecule has 3 N–H and O–H groups in total. The van der Waals surface area contributed by atoms with Crippen molar-refractivity contribution < 1.29 is 19.4 Å². The SMILES string of the molecule is CCOC(=O)C(C)(C)n1cc(NC(=O)C2CC(O)CN2)cn1. The number of aliphatic hydroxyl groups excluding tert-OH is 1. The average molecular weight is 310 g/mol. The Bertz CT molecular complexity index is 555. The van der Waals surface area contributed by atoms with Crippen molar-refractivity contribution in [3.63, 3.8) is 0 Å². The van der Waals surface area contributed by atoms with E-state index in [1.165, 1.54) is 10.9 Å². The molecule has 2 unspecified atom stereocenters. The highest BCUT2D eigenvalue weighted by Gasteiger charge is 2.33. The summed E-state index contributed by atoms with van der Waals surface area (Å²) < 4.78 is 6.48. The molecule has 1 aliphatic heterocycles. The fourth-order valence-corrected chi connectivity index (χ4v) is 2.24. The van der Waals surface area contributed by atoms with Gasteiger partial charge in [-0.25, -0.2) is 4.79 Å². The summed E-state index contributed by atoms with van der Waals surface area (Å²) in [5.41, 5.74) is -0.466. The van der Waals surface area contributed by atoms with Gasteiger partial charge in [-0.15, -0.1) is 0 Å². The first-order valence-electron chi connectivity index (χ1n) is 7.29. The van der Waals surface area contributed by atoms with Crippen LogP contribution >= 0.6 is 0 Å². The second kappa shape index (κ2) is 6.45. The van der Waals surface area contributed by atoms with E-state index in [0.717, 1.165) is 0 Å². The molecule has 0 bridgehead atoms. The number of aliphatic hydroxyl groups is 1. The number of hydrogen-bond acceptors (Lipinski definition) is 6. The molecule has 0 aromatic carbocycles. The highest BCUT2D eigenvalue weighted by Crippen LogP contribution is 2.19. The third kappa shape index (κ3) is 3.45. The van der Waals surface area contributed by atoms with E-state index in [1.54, 1.807) is 27.0 Å². The molecule has 0 aliphatic carbocycles. The smallest absolute Gasteiger partial charge is 0.333 e. The van der Waals surface area contributed by atoms with Crippen LogP contribution in [0.1, 0.15) is 27.2 Å². The van der Waals surface area contributed by atoms with Crippen molar-refractivity contribution >= 4 is 17.6 Å². The first-order valence-corrected chi connectivity index (χ1v) is 7.29. The fourth-order valence-electron chi connectivity index (χ4n) is 2.24. The molecule has 2 rings (SSSR count). The van der Waals surface area contributed by atoms with Gasteiger partial charge in [0.25, 0.3) is 0 Å². The van der Waals surface area contributed by atoms with Gasteiger partial charge in [-0.3, -0.25) is 9.48 Å². The van der Waals surface area contributed by atoms with Crippen molar-refractivity contribution in [3.05, 3.63) is 12.4 Å². The van der Waals surface area contributed by atoms with Crippen molar-refractivity contribution in [1.29, 1.82) is 0 Å². The van der Waals surface area contributed by atoms with Crippen molar-refractivity contribution in [2.75, 3.05) is 18.5 Å². The summed E-state index contributed by atoms with van der Waals surface area (Å²) in [6.45, 7) is 5.83. The maximum absolute atomic E-state index is 12.0. The Balaban J connectivity index is 2.02. The van der Waals surface area contributed by atoms with Gasteiger partial charge in [-0.05, 0) is 27.2 Å². The van der Waals surface area contributed by atoms with Crippen molar-refractivity contribution in [1.82, 2.24) is 15.1 Å². The third-order valence-electron chi connectivity index (χ3n) is 3.62. The van der Waals surface area contributed by atoms with Crippen molar-refractivity contribution in [3.8, 4) is 0 Å². The van der Waals surface area contributed by atoms with Gasteiger partial charge in [-0.1, -0.05) is 0 Å². The minimum absolute atomic E-state index is 0.231. The zero-order valence-corrected chi connectivity index (χ0v) is 13.0. The van der Waals surface area contributed by atoms with E-state index in [1.807, 2.05) is 0 Å². The van der Waals surface area contributed by atoms with Gasteiger partial charge in [0.05, 0.1) is 30.6 Å². The molecule has 8 heteroatoms. The number of anilines is 1. The van der Waals surface area contributed by atoms with Crippen LogP contribution in [0, 0.1) is 0 Å². The average Bonchev–Trinajstić information content (AvgIpc) is 3.08. The predicted octanol–water partition coefficient (Wildman–Crippen LogP) is -0.157. The van der Waals surface area contributed by atoms with Crippen LogP contribution in [0.4, 0.5) is 5.69 Å². The van der Waals surface area contributed by atoms with Gasteiger partial charge in [0.1, 0.15) is 0 Å². The first-order chi connectivity index (χ1) is 10.3. The van der Waals surface area contributed by atoms with Crippen LogP contribution < -0.4 is 10.6 Å². The number of amides is 1. The number of β-amino-alcohol motifs (C(OH)–C–C–N with tert-alkyl or cyclic N) is 1. The number of carbonyl (C=O) groups excluding carboxylic acids is 2. The van der Waals surface area contributed by atoms with Gasteiger partial charge in [0, 0.05) is 12.7 Å². The maximum atomic E-state index is 12.0. The topological polar surface area (TPSA) is 105 Å². The minimum atomic E-state index is -0.958. The van der Waals surface area contributed by atoms with Crippen LogP contribution in [0.25, 0.3) is 0 Å². The number of hydrogen-bond donors (Lipinski definition) is 3. The Morgan fingerprint density at radius 3 is 2.91 bits per heavy atom. The Kier molecular flexibility index (Phi) is 4.82. The zero-order valence-electron chi connectivity index (χ0n) is 13.0. The van der Waals surface area contributed by atoms with E-state index in [-0.39, 0.29) is 5.91 Å². The molecule has 122 valence electrons. The summed E-state index contributed by atoms with van der Waals surface area (Å²) in [4.78, 5) is 24.0. The fraction of sp³-hybridized carbons (Fsp3) is 0.643. The highest BCUT2D eigenvalue weighted by molar-refractivity contribution is 5.94. The van der Waals surface area contributed by atoms with Gasteiger partial charge in [0.15, 0.2) is 5.54 Å². The molecule has 0 radical (unpaired) electrons. The van der Waals surface area contributed by atoms with E-state index in [9.17, 15) is 14.7 Å². The first kappa shape index (κ1) is 16.4. The Morgan fingerprint density at radius 2 is 2.32 bits per heavy atom. The van der Waals surface area contributed by atoms with Crippen LogP contribution in [-0.2, 0) is 19.9 Å². The highest BCUT2D eigenvalue weighted by atomic mass is 16.5. The maximum Gasteiger partial charge on any atom is 0.333 e.